The number of nitrogens with zero attached hydrogens (tertiary/aromatic N) is 3. The predicted molar refractivity (Wildman–Crippen MR) is 102 cm³/mol. The first kappa shape index (κ1) is 16.9. The average Bonchev–Trinajstić information content (AvgIpc) is 3.04. The molecule has 2 saturated heterocycles. The first-order valence-electron chi connectivity index (χ1n) is 9.22. The molecule has 0 saturated carbocycles. The van der Waals surface area contributed by atoms with Crippen LogP contribution in [0.5, 0.6) is 0 Å². The zero-order chi connectivity index (χ0) is 17.9. The van der Waals surface area contributed by atoms with Gasteiger partial charge in [0.25, 0.3) is 0 Å². The van der Waals surface area contributed by atoms with Crippen molar-refractivity contribution in [3.05, 3.63) is 65.7 Å². The van der Waals surface area contributed by atoms with Crippen LogP contribution in [-0.4, -0.2) is 55.7 Å². The van der Waals surface area contributed by atoms with Crippen LogP contribution >= 0.6 is 0 Å². The molecule has 2 fully saturated rings. The van der Waals surface area contributed by atoms with E-state index < -0.39 is 0 Å². The second-order valence-electron chi connectivity index (χ2n) is 7.12. The second-order valence-corrected chi connectivity index (χ2v) is 7.12. The minimum Gasteiger partial charge on any atom is -0.439 e. The van der Waals surface area contributed by atoms with Gasteiger partial charge >= 0.3 is 6.09 Å². The minimum absolute atomic E-state index is 0.176. The summed E-state index contributed by atoms with van der Waals surface area (Å²) in [5.74, 6) is 0. The van der Waals surface area contributed by atoms with E-state index in [0.717, 1.165) is 37.3 Å². The van der Waals surface area contributed by atoms with Crippen LogP contribution in [0.15, 0.2) is 54.6 Å². The van der Waals surface area contributed by atoms with Crippen molar-refractivity contribution < 1.29 is 9.53 Å². The normalized spacial score (nSPS) is 21.1. The molecule has 2 aromatic carbocycles. The van der Waals surface area contributed by atoms with Gasteiger partial charge < -0.3 is 14.5 Å². The van der Waals surface area contributed by atoms with E-state index in [1.165, 1.54) is 5.69 Å². The van der Waals surface area contributed by atoms with Crippen molar-refractivity contribution in [3.8, 4) is 0 Å². The Bertz CT molecular complexity index is 757. The molecule has 0 spiro atoms. The summed E-state index contributed by atoms with van der Waals surface area (Å²) < 4.78 is 5.56. The number of piperazine rings is 1. The molecular formula is C21H25N3O2. The van der Waals surface area contributed by atoms with Crippen LogP contribution in [0.25, 0.3) is 0 Å². The number of rotatable bonds is 4. The third kappa shape index (κ3) is 3.68. The lowest BCUT2D eigenvalue weighted by molar-refractivity contribution is 0.132. The Labute approximate surface area is 154 Å². The quantitative estimate of drug-likeness (QED) is 0.848. The van der Waals surface area contributed by atoms with Crippen LogP contribution in [0.3, 0.4) is 0 Å². The molecule has 4 rings (SSSR count). The van der Waals surface area contributed by atoms with Gasteiger partial charge in [-0.05, 0) is 30.3 Å². The van der Waals surface area contributed by atoms with Crippen molar-refractivity contribution in [2.45, 2.75) is 12.6 Å². The van der Waals surface area contributed by atoms with Crippen molar-refractivity contribution in [2.75, 3.05) is 44.7 Å². The molecule has 2 aliphatic rings. The van der Waals surface area contributed by atoms with Crippen LogP contribution in [0.1, 0.15) is 17.2 Å². The Morgan fingerprint density at radius 2 is 1.77 bits per heavy atom. The number of benzene rings is 2. The lowest BCUT2D eigenvalue weighted by atomic mass is 10.1. The number of ether oxygens (including phenoxy) is 1. The molecule has 0 bridgehead atoms. The number of likely N-dealkylation sites (N-methyl/N-ethyl adjacent to an activating group) is 1. The van der Waals surface area contributed by atoms with E-state index >= 15 is 0 Å². The first-order chi connectivity index (χ1) is 12.7. The van der Waals surface area contributed by atoms with Gasteiger partial charge in [0.2, 0.25) is 0 Å². The molecule has 5 nitrogen and oxygen atoms in total. The maximum atomic E-state index is 12.3. The third-order valence-corrected chi connectivity index (χ3v) is 5.21. The van der Waals surface area contributed by atoms with Crippen LogP contribution in [0.4, 0.5) is 10.5 Å². The maximum absolute atomic E-state index is 12.3. The number of amides is 1. The Kier molecular flexibility index (Phi) is 4.80. The Hall–Kier alpha value is -2.53. The highest BCUT2D eigenvalue weighted by Gasteiger charge is 2.32. The summed E-state index contributed by atoms with van der Waals surface area (Å²) in [4.78, 5) is 18.8. The molecule has 1 unspecified atom stereocenters. The zero-order valence-electron chi connectivity index (χ0n) is 15.2. The molecule has 2 aromatic rings. The van der Waals surface area contributed by atoms with E-state index in [9.17, 15) is 4.79 Å². The van der Waals surface area contributed by atoms with Gasteiger partial charge in [0.05, 0.1) is 6.54 Å². The van der Waals surface area contributed by atoms with Gasteiger partial charge in [-0.2, -0.15) is 0 Å². The number of hydrogen-bond acceptors (Lipinski definition) is 4. The number of anilines is 1. The highest BCUT2D eigenvalue weighted by Crippen LogP contribution is 2.28. The van der Waals surface area contributed by atoms with E-state index in [2.05, 4.69) is 41.1 Å². The third-order valence-electron chi connectivity index (χ3n) is 5.21. The van der Waals surface area contributed by atoms with Crippen LogP contribution in [0, 0.1) is 0 Å². The van der Waals surface area contributed by atoms with Gasteiger partial charge in [0, 0.05) is 38.4 Å². The second kappa shape index (κ2) is 7.38. The van der Waals surface area contributed by atoms with Crippen molar-refractivity contribution in [1.82, 2.24) is 9.80 Å². The molecule has 0 aliphatic carbocycles. The number of cyclic esters (lactones) is 1. The lowest BCUT2D eigenvalue weighted by Gasteiger charge is -2.34. The molecule has 1 atom stereocenters. The van der Waals surface area contributed by atoms with Gasteiger partial charge in [0.1, 0.15) is 6.10 Å². The van der Waals surface area contributed by atoms with Crippen molar-refractivity contribution in [3.63, 3.8) is 0 Å². The molecule has 26 heavy (non-hydrogen) atoms. The van der Waals surface area contributed by atoms with E-state index in [0.29, 0.717) is 13.1 Å². The Morgan fingerprint density at radius 1 is 1.00 bits per heavy atom. The molecule has 0 aromatic heterocycles. The summed E-state index contributed by atoms with van der Waals surface area (Å²) in [7, 11) is 2.16. The lowest BCUT2D eigenvalue weighted by Crippen LogP contribution is -2.44. The zero-order valence-corrected chi connectivity index (χ0v) is 15.2. The topological polar surface area (TPSA) is 36.0 Å². The monoisotopic (exact) mass is 351 g/mol. The minimum atomic E-state index is -0.233. The van der Waals surface area contributed by atoms with E-state index in [1.54, 1.807) is 4.90 Å². The van der Waals surface area contributed by atoms with Gasteiger partial charge in [-0.3, -0.25) is 4.90 Å². The van der Waals surface area contributed by atoms with Crippen LogP contribution in [0.2, 0.25) is 0 Å². The molecule has 0 radical (unpaired) electrons. The largest absolute Gasteiger partial charge is 0.439 e. The fourth-order valence-corrected chi connectivity index (χ4v) is 3.61. The summed E-state index contributed by atoms with van der Waals surface area (Å²) in [6.45, 7) is 5.44. The maximum Gasteiger partial charge on any atom is 0.410 e. The standard InChI is InChI=1S/C21H25N3O2/c1-22-10-12-23(13-11-22)19-9-5-6-17(14-19)15-24-16-20(26-21(24)25)18-7-3-2-4-8-18/h2-9,14,20H,10-13,15-16H2,1H3. The summed E-state index contributed by atoms with van der Waals surface area (Å²) >= 11 is 0. The highest BCUT2D eigenvalue weighted by molar-refractivity contribution is 5.70. The van der Waals surface area contributed by atoms with Gasteiger partial charge in [0.15, 0.2) is 0 Å². The molecule has 2 heterocycles. The number of carbonyl (C=O) groups is 1. The predicted octanol–water partition coefficient (Wildman–Crippen LogP) is 3.13. The van der Waals surface area contributed by atoms with E-state index in [1.807, 2.05) is 30.3 Å². The summed E-state index contributed by atoms with van der Waals surface area (Å²) in [5.41, 5.74) is 3.43. The SMILES string of the molecule is CN1CCN(c2cccc(CN3CC(c4ccccc4)OC3=O)c2)CC1. The van der Waals surface area contributed by atoms with E-state index in [-0.39, 0.29) is 12.2 Å². The summed E-state index contributed by atoms with van der Waals surface area (Å²) in [6.07, 6.45) is -0.409. The van der Waals surface area contributed by atoms with Crippen LogP contribution in [-0.2, 0) is 11.3 Å². The first-order valence-corrected chi connectivity index (χ1v) is 9.22. The highest BCUT2D eigenvalue weighted by atomic mass is 16.6. The number of carbonyl (C=O) groups excluding carboxylic acids is 1. The summed E-state index contributed by atoms with van der Waals surface area (Å²) in [5, 5.41) is 0. The fraction of sp³-hybridized carbons (Fsp3) is 0.381. The van der Waals surface area contributed by atoms with E-state index in [4.69, 9.17) is 4.74 Å². The van der Waals surface area contributed by atoms with Crippen molar-refractivity contribution >= 4 is 11.8 Å². The molecule has 5 heteroatoms. The Morgan fingerprint density at radius 3 is 2.54 bits per heavy atom. The van der Waals surface area contributed by atoms with Gasteiger partial charge in [-0.15, -0.1) is 0 Å². The Balaban J connectivity index is 1.43. The van der Waals surface area contributed by atoms with Gasteiger partial charge in [-0.25, -0.2) is 4.79 Å². The molecule has 2 aliphatic heterocycles. The summed E-state index contributed by atoms with van der Waals surface area (Å²) in [6, 6.07) is 18.5. The average molecular weight is 351 g/mol. The molecular weight excluding hydrogens is 326 g/mol. The van der Waals surface area contributed by atoms with Gasteiger partial charge in [-0.1, -0.05) is 42.5 Å². The number of hydrogen-bond donors (Lipinski definition) is 0. The van der Waals surface area contributed by atoms with Crippen molar-refractivity contribution in [1.29, 1.82) is 0 Å². The van der Waals surface area contributed by atoms with Crippen molar-refractivity contribution in [2.24, 2.45) is 0 Å². The van der Waals surface area contributed by atoms with Crippen LogP contribution < -0.4 is 4.90 Å². The molecule has 1 amide bonds. The molecule has 136 valence electrons. The smallest absolute Gasteiger partial charge is 0.410 e. The fourth-order valence-electron chi connectivity index (χ4n) is 3.61. The molecule has 0 N–H and O–H groups in total.